The Balaban J connectivity index is 1.12. The Bertz CT molecular complexity index is 2470. The number of nitrogens with zero attached hydrogens (tertiary/aromatic N) is 12. The van der Waals surface area contributed by atoms with Crippen molar-refractivity contribution in [1.29, 1.82) is 0 Å². The van der Waals surface area contributed by atoms with Crippen molar-refractivity contribution in [2.75, 3.05) is 71.6 Å². The molecule has 2 aromatic heterocycles. The second-order valence-electron chi connectivity index (χ2n) is 37.1. The molecule has 6 fully saturated rings. The van der Waals surface area contributed by atoms with Gasteiger partial charge in [0, 0.05) is 130 Å². The number of hydrogen-bond donors (Lipinski definition) is 6. The van der Waals surface area contributed by atoms with E-state index < -0.39 is 0 Å². The molecule has 2 aromatic rings. The fourth-order valence-electron chi connectivity index (χ4n) is 19.7. The summed E-state index contributed by atoms with van der Waals surface area (Å²) in [7, 11) is 8.02. The first kappa shape index (κ1) is 72.3. The number of nitrogens with one attached hydrogen (secondary N) is 6. The smallest absolute Gasteiger partial charge is 0.232 e. The maximum absolute atomic E-state index is 6.06. The van der Waals surface area contributed by atoms with E-state index >= 15 is 0 Å². The molecule has 6 aliphatic heterocycles. The van der Waals surface area contributed by atoms with Gasteiger partial charge in [0.25, 0.3) is 0 Å². The summed E-state index contributed by atoms with van der Waals surface area (Å²) in [6.45, 7) is 57.4. The van der Waals surface area contributed by atoms with Crippen LogP contribution in [0.15, 0.2) is 0 Å². The normalized spacial score (nSPS) is 26.6. The van der Waals surface area contributed by atoms with E-state index in [0.717, 1.165) is 140 Å². The third-order valence-electron chi connectivity index (χ3n) is 20.8. The molecule has 0 atom stereocenters. The van der Waals surface area contributed by atoms with E-state index in [1.54, 1.807) is 14.2 Å². The molecule has 0 amide bonds. The van der Waals surface area contributed by atoms with Gasteiger partial charge in [-0.05, 0) is 256 Å². The van der Waals surface area contributed by atoms with E-state index in [0.29, 0.717) is 11.9 Å². The number of rotatable bonds is 21. The van der Waals surface area contributed by atoms with E-state index in [1.807, 2.05) is 0 Å². The monoisotopic (exact) mass is 1260 g/mol. The third kappa shape index (κ3) is 17.9. The summed E-state index contributed by atoms with van der Waals surface area (Å²) in [6, 6.07) is 1.12. The van der Waals surface area contributed by atoms with Gasteiger partial charge in [-0.25, -0.2) is 0 Å². The second-order valence-corrected chi connectivity index (χ2v) is 37.1. The molecule has 0 radical (unpaired) electrons. The molecule has 0 unspecified atom stereocenters. The SMILES string of the molecule is CON1C(C)(C)CC(Nc2nc(N(C)C3CC(C)(C)NC(C)(C)C3)nc(N(CCCCCCN(c3nc(NC4CC(C)(C)N(OC)C(C)(C)C4)nc(N(C)C4CC(C)(C)NC(C)(C)C4)n3)C3CC(C)(C)NC(C)(C)C3)C3CC(C)(C)NC(C)(C)C3)n2)CC1(C)C. The summed E-state index contributed by atoms with van der Waals surface area (Å²) in [5.74, 6) is 4.30. The van der Waals surface area contributed by atoms with Gasteiger partial charge in [-0.15, -0.1) is 0 Å². The lowest BCUT2D eigenvalue weighted by Gasteiger charge is -2.53. The summed E-state index contributed by atoms with van der Waals surface area (Å²) in [6.07, 6.45) is 15.4. The van der Waals surface area contributed by atoms with Crippen LogP contribution in [0.1, 0.15) is 269 Å². The fraction of sp³-hybridized carbons (Fsp3) is 0.914. The van der Waals surface area contributed by atoms with Crippen molar-refractivity contribution in [3.63, 3.8) is 0 Å². The van der Waals surface area contributed by atoms with Gasteiger partial charge in [0.1, 0.15) is 0 Å². The standard InChI is InChI=1S/C70H132N18O2/c1-59(2)39-49(40-60(3,4)79-59)83(25)55-73-53(71-47-35-67(17,18)87(89-27)68(19,20)36-47)75-57(77-55)85(51-43-63(9,10)81-64(11,12)44-51)33-31-29-30-32-34-86(52-45-65(13,14)82-66(15,16)46-52)58-76-54(72-48-37-69(21,22)88(90-28)70(23,24)38-48)74-56(78-58)84(26)50-41-61(5,6)80-62(7,8)42-50/h47-52,79-82H,29-46H2,1-28H3,(H,71,73,75,77)(H,72,74,76,78). The molecule has 0 spiro atoms. The van der Waals surface area contributed by atoms with Crippen molar-refractivity contribution in [2.45, 2.75) is 372 Å². The van der Waals surface area contributed by atoms with Crippen LogP contribution in [0.5, 0.6) is 0 Å². The number of anilines is 6. The maximum atomic E-state index is 6.06. The Morgan fingerprint density at radius 3 is 0.822 bits per heavy atom. The van der Waals surface area contributed by atoms with Crippen molar-refractivity contribution >= 4 is 35.7 Å². The van der Waals surface area contributed by atoms with Crippen molar-refractivity contribution in [3.05, 3.63) is 0 Å². The molecule has 0 bridgehead atoms. The first-order valence-corrected chi connectivity index (χ1v) is 34.9. The van der Waals surface area contributed by atoms with Crippen LogP contribution in [0.25, 0.3) is 0 Å². The molecular weight excluding hydrogens is 1120 g/mol. The van der Waals surface area contributed by atoms with E-state index in [4.69, 9.17) is 39.6 Å². The Hall–Kier alpha value is -3.50. The molecule has 514 valence electrons. The predicted molar refractivity (Wildman–Crippen MR) is 374 cm³/mol. The average Bonchev–Trinajstić information content (AvgIpc) is 0.826. The lowest BCUT2D eigenvalue weighted by molar-refractivity contribution is -0.265. The second kappa shape index (κ2) is 25.6. The summed E-state index contributed by atoms with van der Waals surface area (Å²) in [4.78, 5) is 55.1. The molecule has 20 heteroatoms. The molecular formula is C70H132N18O2. The largest absolute Gasteiger partial charge is 0.351 e. The van der Waals surface area contributed by atoms with E-state index in [-0.39, 0.29) is 103 Å². The first-order valence-electron chi connectivity index (χ1n) is 34.9. The number of unbranched alkanes of at least 4 members (excludes halogenated alkanes) is 3. The van der Waals surface area contributed by atoms with Crippen LogP contribution in [0.3, 0.4) is 0 Å². The molecule has 6 saturated heterocycles. The van der Waals surface area contributed by atoms with Gasteiger partial charge in [0.05, 0.1) is 14.2 Å². The van der Waals surface area contributed by atoms with Crippen LogP contribution in [0, 0.1) is 0 Å². The Labute approximate surface area is 547 Å². The predicted octanol–water partition coefficient (Wildman–Crippen LogP) is 12.0. The van der Waals surface area contributed by atoms with Crippen molar-refractivity contribution < 1.29 is 9.68 Å². The van der Waals surface area contributed by atoms with E-state index in [2.05, 4.69) is 242 Å². The van der Waals surface area contributed by atoms with Crippen molar-refractivity contribution in [3.8, 4) is 0 Å². The zero-order valence-electron chi connectivity index (χ0n) is 62.4. The highest BCUT2D eigenvalue weighted by atomic mass is 16.7. The number of hydroxylamine groups is 4. The van der Waals surface area contributed by atoms with Crippen LogP contribution < -0.4 is 51.5 Å². The highest BCUT2D eigenvalue weighted by Crippen LogP contribution is 2.44. The quantitative estimate of drug-likeness (QED) is 0.0647. The third-order valence-corrected chi connectivity index (χ3v) is 20.8. The Kier molecular flexibility index (Phi) is 20.6. The van der Waals surface area contributed by atoms with Gasteiger partial charge < -0.3 is 61.2 Å². The highest BCUT2D eigenvalue weighted by Gasteiger charge is 2.50. The van der Waals surface area contributed by atoms with Gasteiger partial charge in [-0.2, -0.15) is 40.0 Å². The average molecular weight is 1260 g/mol. The van der Waals surface area contributed by atoms with Crippen LogP contribution in [-0.4, -0.2) is 184 Å². The van der Waals surface area contributed by atoms with Crippen LogP contribution >= 0.6 is 0 Å². The number of hydrogen-bond acceptors (Lipinski definition) is 20. The fourth-order valence-corrected chi connectivity index (χ4v) is 19.7. The molecule has 20 nitrogen and oxygen atoms in total. The molecule has 6 aliphatic rings. The maximum Gasteiger partial charge on any atom is 0.232 e. The van der Waals surface area contributed by atoms with Gasteiger partial charge in [-0.3, -0.25) is 0 Å². The molecule has 90 heavy (non-hydrogen) atoms. The lowest BCUT2D eigenvalue weighted by Crippen LogP contribution is -2.63. The molecule has 8 heterocycles. The molecule has 6 N–H and O–H groups in total. The Morgan fingerprint density at radius 1 is 0.344 bits per heavy atom. The van der Waals surface area contributed by atoms with Gasteiger partial charge in [0.2, 0.25) is 35.7 Å². The molecule has 8 rings (SSSR count). The summed E-state index contributed by atoms with van der Waals surface area (Å²) >= 11 is 0. The Morgan fingerprint density at radius 2 is 0.578 bits per heavy atom. The van der Waals surface area contributed by atoms with Crippen LogP contribution in [0.2, 0.25) is 0 Å². The highest BCUT2D eigenvalue weighted by molar-refractivity contribution is 5.49. The minimum Gasteiger partial charge on any atom is -0.351 e. The zero-order chi connectivity index (χ0) is 67.0. The molecule has 0 aliphatic carbocycles. The van der Waals surface area contributed by atoms with E-state index in [9.17, 15) is 0 Å². The van der Waals surface area contributed by atoms with Crippen molar-refractivity contribution in [1.82, 2.24) is 61.3 Å². The first-order chi connectivity index (χ1) is 41.0. The van der Waals surface area contributed by atoms with Crippen LogP contribution in [0.4, 0.5) is 35.7 Å². The van der Waals surface area contributed by atoms with E-state index in [1.165, 1.54) is 0 Å². The van der Waals surface area contributed by atoms with Gasteiger partial charge >= 0.3 is 0 Å². The van der Waals surface area contributed by atoms with Crippen molar-refractivity contribution in [2.24, 2.45) is 0 Å². The number of aromatic nitrogens is 6. The number of piperidine rings is 6. The molecule has 0 aromatic carbocycles. The lowest BCUT2D eigenvalue weighted by atomic mass is 9.79. The topological polar surface area (TPSA) is 187 Å². The summed E-state index contributed by atoms with van der Waals surface area (Å²) in [5, 5.41) is 28.1. The zero-order valence-corrected chi connectivity index (χ0v) is 62.4. The molecule has 0 saturated carbocycles. The minimum atomic E-state index is -0.211. The van der Waals surface area contributed by atoms with Gasteiger partial charge in [-0.1, -0.05) is 12.8 Å². The summed E-state index contributed by atoms with van der Waals surface area (Å²) < 4.78 is 0. The van der Waals surface area contributed by atoms with Gasteiger partial charge in [0.15, 0.2) is 0 Å². The minimum absolute atomic E-state index is 0.0505. The summed E-state index contributed by atoms with van der Waals surface area (Å²) in [5.41, 5.74) is -1.41. The van der Waals surface area contributed by atoms with Crippen LogP contribution in [-0.2, 0) is 9.68 Å².